The molecule has 1 aromatic rings. The fourth-order valence-corrected chi connectivity index (χ4v) is 2.09. The lowest BCUT2D eigenvalue weighted by Gasteiger charge is -2.12. The molecule has 2 atom stereocenters. The van der Waals surface area contributed by atoms with Crippen molar-refractivity contribution >= 4 is 23.5 Å². The van der Waals surface area contributed by atoms with Crippen LogP contribution in [0.5, 0.6) is 0 Å². The molecule has 0 saturated carbocycles. The van der Waals surface area contributed by atoms with Gasteiger partial charge in [-0.05, 0) is 38.0 Å². The molecule has 1 heterocycles. The van der Waals surface area contributed by atoms with E-state index in [2.05, 4.69) is 10.6 Å². The van der Waals surface area contributed by atoms with E-state index in [1.54, 1.807) is 18.2 Å². The van der Waals surface area contributed by atoms with Gasteiger partial charge in [0.25, 0.3) is 11.8 Å². The zero-order chi connectivity index (χ0) is 16.1. The highest BCUT2D eigenvalue weighted by molar-refractivity contribution is 5.99. The van der Waals surface area contributed by atoms with E-state index in [0.29, 0.717) is 18.7 Å². The zero-order valence-electron chi connectivity index (χ0n) is 12.2. The van der Waals surface area contributed by atoms with Crippen molar-refractivity contribution in [1.82, 2.24) is 5.32 Å². The van der Waals surface area contributed by atoms with Crippen molar-refractivity contribution in [2.24, 2.45) is 0 Å². The van der Waals surface area contributed by atoms with Crippen LogP contribution in [0.15, 0.2) is 24.3 Å². The molecule has 7 heteroatoms. The van der Waals surface area contributed by atoms with Gasteiger partial charge in [0, 0.05) is 17.9 Å². The Hall–Kier alpha value is -2.41. The molecule has 0 aliphatic carbocycles. The van der Waals surface area contributed by atoms with Crippen LogP contribution in [-0.4, -0.2) is 41.6 Å². The molecule has 0 aromatic heterocycles. The Balaban J connectivity index is 2.01. The minimum Gasteiger partial charge on any atom is -0.480 e. The molecule has 1 saturated heterocycles. The lowest BCUT2D eigenvalue weighted by atomic mass is 10.1. The van der Waals surface area contributed by atoms with Crippen molar-refractivity contribution in [3.63, 3.8) is 0 Å². The highest BCUT2D eigenvalue weighted by Gasteiger charge is 2.23. The van der Waals surface area contributed by atoms with Crippen molar-refractivity contribution in [1.29, 1.82) is 0 Å². The second-order valence-corrected chi connectivity index (χ2v) is 5.11. The topological polar surface area (TPSA) is 105 Å². The molecule has 0 spiro atoms. The van der Waals surface area contributed by atoms with E-state index in [-0.39, 0.29) is 11.5 Å². The molecule has 1 aliphatic heterocycles. The summed E-state index contributed by atoms with van der Waals surface area (Å²) in [7, 11) is 0. The van der Waals surface area contributed by atoms with E-state index in [1.165, 1.54) is 13.0 Å². The van der Waals surface area contributed by atoms with Crippen molar-refractivity contribution in [3.05, 3.63) is 29.8 Å². The third-order valence-corrected chi connectivity index (χ3v) is 3.33. The first-order valence-corrected chi connectivity index (χ1v) is 7.03. The van der Waals surface area contributed by atoms with E-state index < -0.39 is 24.0 Å². The number of amides is 2. The molecule has 0 bridgehead atoms. The van der Waals surface area contributed by atoms with Gasteiger partial charge < -0.3 is 20.5 Å². The first-order chi connectivity index (χ1) is 10.5. The van der Waals surface area contributed by atoms with Crippen LogP contribution in [0.2, 0.25) is 0 Å². The number of hydrogen-bond acceptors (Lipinski definition) is 4. The Morgan fingerprint density at radius 1 is 1.36 bits per heavy atom. The molecule has 3 N–H and O–H groups in total. The van der Waals surface area contributed by atoms with Gasteiger partial charge in [-0.3, -0.25) is 14.4 Å². The molecule has 1 aliphatic rings. The number of hydrogen-bond donors (Lipinski definition) is 3. The number of anilines is 1. The van der Waals surface area contributed by atoms with Crippen LogP contribution in [0.4, 0.5) is 5.69 Å². The average molecular weight is 306 g/mol. The number of carbonyl (C=O) groups is 3. The monoisotopic (exact) mass is 306 g/mol. The van der Waals surface area contributed by atoms with Crippen LogP contribution in [0.25, 0.3) is 0 Å². The predicted octanol–water partition coefficient (Wildman–Crippen LogP) is 1.01. The highest BCUT2D eigenvalue weighted by Crippen LogP contribution is 2.16. The largest absolute Gasteiger partial charge is 0.480 e. The molecule has 1 aromatic carbocycles. The summed E-state index contributed by atoms with van der Waals surface area (Å²) in [6.07, 6.45) is 1.08. The SMILES string of the molecule is C[C@H](NC(=O)c1cccc(NC(=O)C2CCCO2)c1)C(=O)O. The molecule has 7 nitrogen and oxygen atoms in total. The fraction of sp³-hybridized carbons (Fsp3) is 0.400. The van der Waals surface area contributed by atoms with Gasteiger partial charge >= 0.3 is 5.97 Å². The molecular formula is C15H18N2O5. The maximum absolute atomic E-state index is 11.9. The minimum atomic E-state index is -1.11. The number of aliphatic carboxylic acids is 1. The first-order valence-electron chi connectivity index (χ1n) is 7.03. The first kappa shape index (κ1) is 16.0. The number of benzene rings is 1. The van der Waals surface area contributed by atoms with Gasteiger partial charge in [0.05, 0.1) is 0 Å². The number of ether oxygens (including phenoxy) is 1. The second-order valence-electron chi connectivity index (χ2n) is 5.11. The Bertz CT molecular complexity index is 581. The number of carbonyl (C=O) groups excluding carboxylic acids is 2. The van der Waals surface area contributed by atoms with Crippen LogP contribution in [-0.2, 0) is 14.3 Å². The van der Waals surface area contributed by atoms with Gasteiger partial charge in [-0.15, -0.1) is 0 Å². The van der Waals surface area contributed by atoms with Crippen LogP contribution in [0.3, 0.4) is 0 Å². The van der Waals surface area contributed by atoms with Gasteiger partial charge in [-0.2, -0.15) is 0 Å². The van der Waals surface area contributed by atoms with Gasteiger partial charge in [0.1, 0.15) is 12.1 Å². The molecular weight excluding hydrogens is 288 g/mol. The number of nitrogens with one attached hydrogen (secondary N) is 2. The molecule has 22 heavy (non-hydrogen) atoms. The van der Waals surface area contributed by atoms with E-state index in [4.69, 9.17) is 9.84 Å². The molecule has 1 fully saturated rings. The van der Waals surface area contributed by atoms with E-state index in [1.807, 2.05) is 0 Å². The van der Waals surface area contributed by atoms with Gasteiger partial charge in [-0.25, -0.2) is 0 Å². The Morgan fingerprint density at radius 2 is 2.14 bits per heavy atom. The lowest BCUT2D eigenvalue weighted by molar-refractivity contribution is -0.138. The van der Waals surface area contributed by atoms with Crippen molar-refractivity contribution in [3.8, 4) is 0 Å². The summed E-state index contributed by atoms with van der Waals surface area (Å²) in [6.45, 7) is 1.96. The van der Waals surface area contributed by atoms with Crippen molar-refractivity contribution in [2.45, 2.75) is 31.9 Å². The van der Waals surface area contributed by atoms with Gasteiger partial charge in [0.2, 0.25) is 0 Å². The smallest absolute Gasteiger partial charge is 0.325 e. The normalized spacial score (nSPS) is 18.5. The lowest BCUT2D eigenvalue weighted by Crippen LogP contribution is -2.38. The number of rotatable bonds is 5. The van der Waals surface area contributed by atoms with Gasteiger partial charge in [-0.1, -0.05) is 6.07 Å². The summed E-state index contributed by atoms with van der Waals surface area (Å²) in [5.41, 5.74) is 0.745. The van der Waals surface area contributed by atoms with Crippen molar-refractivity contribution in [2.75, 3.05) is 11.9 Å². The summed E-state index contributed by atoms with van der Waals surface area (Å²) in [4.78, 5) is 34.6. The quantitative estimate of drug-likeness (QED) is 0.753. The molecule has 118 valence electrons. The average Bonchev–Trinajstić information content (AvgIpc) is 3.01. The van der Waals surface area contributed by atoms with Crippen molar-refractivity contribution < 1.29 is 24.2 Å². The van der Waals surface area contributed by atoms with Crippen LogP contribution in [0, 0.1) is 0 Å². The second kappa shape index (κ2) is 7.04. The van der Waals surface area contributed by atoms with Crippen LogP contribution < -0.4 is 10.6 Å². The highest BCUT2D eigenvalue weighted by atomic mass is 16.5. The summed E-state index contributed by atoms with van der Waals surface area (Å²) in [6, 6.07) is 5.33. The fourth-order valence-electron chi connectivity index (χ4n) is 2.09. The van der Waals surface area contributed by atoms with Crippen LogP contribution >= 0.6 is 0 Å². The molecule has 0 radical (unpaired) electrons. The maximum atomic E-state index is 11.9. The summed E-state index contributed by atoms with van der Waals surface area (Å²) < 4.78 is 5.29. The number of carboxylic acid groups (broad SMARTS) is 1. The molecule has 2 amide bonds. The Morgan fingerprint density at radius 3 is 2.77 bits per heavy atom. The van der Waals surface area contributed by atoms with E-state index in [0.717, 1.165) is 6.42 Å². The maximum Gasteiger partial charge on any atom is 0.325 e. The molecule has 1 unspecified atom stereocenters. The Labute approximate surface area is 127 Å². The third-order valence-electron chi connectivity index (χ3n) is 3.33. The summed E-state index contributed by atoms with van der Waals surface area (Å²) >= 11 is 0. The van der Waals surface area contributed by atoms with E-state index in [9.17, 15) is 14.4 Å². The molecule has 2 rings (SSSR count). The number of carboxylic acids is 1. The zero-order valence-corrected chi connectivity index (χ0v) is 12.2. The Kier molecular flexibility index (Phi) is 5.11. The van der Waals surface area contributed by atoms with E-state index >= 15 is 0 Å². The van der Waals surface area contributed by atoms with Crippen LogP contribution in [0.1, 0.15) is 30.1 Å². The summed E-state index contributed by atoms with van der Waals surface area (Å²) in [5, 5.41) is 13.8. The third kappa shape index (κ3) is 4.05. The minimum absolute atomic E-state index is 0.242. The standard InChI is InChI=1S/C15H18N2O5/c1-9(15(20)21)16-13(18)10-4-2-5-11(8-10)17-14(19)12-6-3-7-22-12/h2,4-5,8-9,12H,3,6-7H2,1H3,(H,16,18)(H,17,19)(H,20,21)/t9-,12?/m0/s1. The predicted molar refractivity (Wildman–Crippen MR) is 78.6 cm³/mol. The van der Waals surface area contributed by atoms with Gasteiger partial charge in [0.15, 0.2) is 0 Å². The summed E-state index contributed by atoms with van der Waals surface area (Å²) in [5.74, 6) is -1.87.